The fourth-order valence-electron chi connectivity index (χ4n) is 4.25. The second-order valence-corrected chi connectivity index (χ2v) is 7.92. The van der Waals surface area contributed by atoms with Gasteiger partial charge in [-0.1, -0.05) is 128 Å². The Labute approximate surface area is 186 Å². The van der Waals surface area contributed by atoms with Crippen LogP contribution >= 0.6 is 0 Å². The highest BCUT2D eigenvalue weighted by molar-refractivity contribution is 5.47. The summed E-state index contributed by atoms with van der Waals surface area (Å²) in [7, 11) is 0. The van der Waals surface area contributed by atoms with E-state index in [9.17, 15) is 0 Å². The first kappa shape index (κ1) is 21.1. The molecule has 1 nitrogen and oxygen atoms in total. The van der Waals surface area contributed by atoms with Gasteiger partial charge in [0.25, 0.3) is 0 Å². The molecule has 0 N–H and O–H groups in total. The highest BCUT2D eigenvalue weighted by atomic mass is 16.5. The molecule has 0 atom stereocenters. The summed E-state index contributed by atoms with van der Waals surface area (Å²) in [5.74, 6) is 0. The van der Waals surface area contributed by atoms with Gasteiger partial charge in [-0.25, -0.2) is 0 Å². The molecule has 0 saturated heterocycles. The van der Waals surface area contributed by atoms with Crippen LogP contribution in [-0.4, -0.2) is 6.61 Å². The molecule has 1 heteroatoms. The fourth-order valence-corrected chi connectivity index (χ4v) is 4.25. The molecule has 0 saturated carbocycles. The smallest absolute Gasteiger partial charge is 0.143 e. The number of ether oxygens (including phenoxy) is 1. The van der Waals surface area contributed by atoms with Crippen LogP contribution in [0.3, 0.4) is 0 Å². The second-order valence-electron chi connectivity index (χ2n) is 7.92. The Morgan fingerprint density at radius 2 is 0.871 bits per heavy atom. The van der Waals surface area contributed by atoms with Crippen LogP contribution in [0.15, 0.2) is 121 Å². The van der Waals surface area contributed by atoms with Crippen LogP contribution in [0.2, 0.25) is 0 Å². The third-order valence-corrected chi connectivity index (χ3v) is 5.81. The molecule has 0 amide bonds. The highest BCUT2D eigenvalue weighted by Crippen LogP contribution is 2.40. The van der Waals surface area contributed by atoms with Crippen LogP contribution < -0.4 is 0 Å². The Morgan fingerprint density at radius 3 is 1.32 bits per heavy atom. The molecular weight excluding hydrogens is 376 g/mol. The monoisotopic (exact) mass is 406 g/mol. The average Bonchev–Trinajstić information content (AvgIpc) is 2.86. The van der Waals surface area contributed by atoms with E-state index < -0.39 is 5.60 Å². The summed E-state index contributed by atoms with van der Waals surface area (Å²) in [6.45, 7) is 0.716. The minimum Gasteiger partial charge on any atom is -0.361 e. The average molecular weight is 407 g/mol. The van der Waals surface area contributed by atoms with E-state index in [1.807, 2.05) is 0 Å². The van der Waals surface area contributed by atoms with Crippen molar-refractivity contribution in [3.05, 3.63) is 144 Å². The third-order valence-electron chi connectivity index (χ3n) is 5.81. The van der Waals surface area contributed by atoms with E-state index in [-0.39, 0.29) is 0 Å². The molecule has 0 aliphatic heterocycles. The van der Waals surface area contributed by atoms with Crippen molar-refractivity contribution >= 4 is 0 Å². The largest absolute Gasteiger partial charge is 0.361 e. The molecular formula is C30H30O. The lowest BCUT2D eigenvalue weighted by Gasteiger charge is -2.36. The Kier molecular flexibility index (Phi) is 7.31. The number of rotatable bonds is 10. The van der Waals surface area contributed by atoms with Crippen LogP contribution in [-0.2, 0) is 16.8 Å². The number of hydrogen-bond donors (Lipinski definition) is 0. The number of benzene rings is 4. The molecule has 4 aromatic rings. The molecule has 0 fully saturated rings. The van der Waals surface area contributed by atoms with Crippen LogP contribution in [0.4, 0.5) is 0 Å². The van der Waals surface area contributed by atoms with Gasteiger partial charge in [0.1, 0.15) is 5.60 Å². The van der Waals surface area contributed by atoms with E-state index in [1.165, 1.54) is 12.0 Å². The van der Waals surface area contributed by atoms with Crippen molar-refractivity contribution in [1.82, 2.24) is 0 Å². The van der Waals surface area contributed by atoms with E-state index in [2.05, 4.69) is 121 Å². The predicted molar refractivity (Wildman–Crippen MR) is 129 cm³/mol. The molecule has 31 heavy (non-hydrogen) atoms. The molecule has 0 aromatic heterocycles. The van der Waals surface area contributed by atoms with Crippen LogP contribution in [0.1, 0.15) is 41.5 Å². The third kappa shape index (κ3) is 5.13. The Hall–Kier alpha value is -3.16. The minimum atomic E-state index is -0.608. The fraction of sp³-hybridized carbons (Fsp3) is 0.200. The van der Waals surface area contributed by atoms with Gasteiger partial charge in [-0.15, -0.1) is 0 Å². The topological polar surface area (TPSA) is 9.23 Å². The van der Waals surface area contributed by atoms with Gasteiger partial charge in [0.2, 0.25) is 0 Å². The van der Waals surface area contributed by atoms with Gasteiger partial charge in [0.05, 0.1) is 0 Å². The first-order chi connectivity index (χ1) is 15.4. The van der Waals surface area contributed by atoms with Gasteiger partial charge in [0.15, 0.2) is 0 Å². The van der Waals surface area contributed by atoms with Gasteiger partial charge >= 0.3 is 0 Å². The molecule has 4 aromatic carbocycles. The van der Waals surface area contributed by atoms with Crippen molar-refractivity contribution in [2.24, 2.45) is 0 Å². The molecule has 4 rings (SSSR count). The SMILES string of the molecule is c1ccc(CCCCCOC(c2ccccc2)(c2ccccc2)c2ccccc2)cc1. The van der Waals surface area contributed by atoms with E-state index >= 15 is 0 Å². The lowest BCUT2D eigenvalue weighted by atomic mass is 9.80. The zero-order valence-corrected chi connectivity index (χ0v) is 18.0. The van der Waals surface area contributed by atoms with Crippen molar-refractivity contribution in [1.29, 1.82) is 0 Å². The van der Waals surface area contributed by atoms with Gasteiger partial charge in [0, 0.05) is 6.61 Å². The summed E-state index contributed by atoms with van der Waals surface area (Å²) in [4.78, 5) is 0. The van der Waals surface area contributed by atoms with Crippen LogP contribution in [0.5, 0.6) is 0 Å². The van der Waals surface area contributed by atoms with E-state index in [0.29, 0.717) is 6.61 Å². The van der Waals surface area contributed by atoms with E-state index in [1.54, 1.807) is 0 Å². The van der Waals surface area contributed by atoms with Crippen molar-refractivity contribution in [3.63, 3.8) is 0 Å². The summed E-state index contributed by atoms with van der Waals surface area (Å²) < 4.78 is 6.84. The summed E-state index contributed by atoms with van der Waals surface area (Å²) in [5.41, 5.74) is 4.30. The maximum atomic E-state index is 6.84. The maximum absolute atomic E-state index is 6.84. The first-order valence-electron chi connectivity index (χ1n) is 11.2. The lowest BCUT2D eigenvalue weighted by molar-refractivity contribution is 0.0107. The van der Waals surface area contributed by atoms with Crippen molar-refractivity contribution in [2.75, 3.05) is 6.61 Å². The quantitative estimate of drug-likeness (QED) is 0.197. The lowest BCUT2D eigenvalue weighted by Crippen LogP contribution is -2.33. The summed E-state index contributed by atoms with van der Waals surface area (Å²) >= 11 is 0. The number of aryl methyl sites for hydroxylation is 1. The zero-order chi connectivity index (χ0) is 21.2. The van der Waals surface area contributed by atoms with Crippen molar-refractivity contribution < 1.29 is 4.74 Å². The van der Waals surface area contributed by atoms with Crippen molar-refractivity contribution in [3.8, 4) is 0 Å². The van der Waals surface area contributed by atoms with Gasteiger partial charge in [-0.05, 0) is 41.5 Å². The van der Waals surface area contributed by atoms with E-state index in [0.717, 1.165) is 36.0 Å². The van der Waals surface area contributed by atoms with Crippen LogP contribution in [0.25, 0.3) is 0 Å². The molecule has 156 valence electrons. The van der Waals surface area contributed by atoms with Crippen LogP contribution in [0, 0.1) is 0 Å². The number of unbranched alkanes of at least 4 members (excludes halogenated alkanes) is 2. The van der Waals surface area contributed by atoms with Gasteiger partial charge < -0.3 is 4.74 Å². The number of hydrogen-bond acceptors (Lipinski definition) is 1. The first-order valence-corrected chi connectivity index (χ1v) is 11.2. The summed E-state index contributed by atoms with van der Waals surface area (Å²) in [5, 5.41) is 0. The minimum absolute atomic E-state index is 0.608. The predicted octanol–water partition coefficient (Wildman–Crippen LogP) is 7.41. The molecule has 0 aliphatic rings. The molecule has 0 aliphatic carbocycles. The Balaban J connectivity index is 1.54. The van der Waals surface area contributed by atoms with Gasteiger partial charge in [-0.3, -0.25) is 0 Å². The molecule has 0 radical (unpaired) electrons. The summed E-state index contributed by atoms with van der Waals surface area (Å²) in [6, 6.07) is 42.6. The Bertz CT molecular complexity index is 914. The second kappa shape index (κ2) is 10.7. The molecule has 0 heterocycles. The van der Waals surface area contributed by atoms with Gasteiger partial charge in [-0.2, -0.15) is 0 Å². The summed E-state index contributed by atoms with van der Waals surface area (Å²) in [6.07, 6.45) is 4.51. The molecule has 0 spiro atoms. The zero-order valence-electron chi connectivity index (χ0n) is 18.0. The highest BCUT2D eigenvalue weighted by Gasteiger charge is 2.37. The normalized spacial score (nSPS) is 11.4. The maximum Gasteiger partial charge on any atom is 0.143 e. The molecule has 0 bridgehead atoms. The molecule has 0 unspecified atom stereocenters. The Morgan fingerprint density at radius 1 is 0.452 bits per heavy atom. The van der Waals surface area contributed by atoms with Crippen molar-refractivity contribution in [2.45, 2.75) is 31.3 Å². The van der Waals surface area contributed by atoms with E-state index in [4.69, 9.17) is 4.74 Å². The standard InChI is InChI=1S/C30H30O/c1-6-16-26(17-7-1)18-8-5-15-25-31-30(27-19-9-2-10-20-27,28-21-11-3-12-22-28)29-23-13-4-14-24-29/h1-4,6-7,9-14,16-17,19-24H,5,8,15,18,25H2.